The monoisotopic (exact) mass is 513 g/mol. The molecule has 3 aromatic rings. The second-order valence-electron chi connectivity index (χ2n) is 9.55. The van der Waals surface area contributed by atoms with Crippen molar-refractivity contribution in [2.75, 3.05) is 26.3 Å². The van der Waals surface area contributed by atoms with Crippen LogP contribution in [0.25, 0.3) is 15.9 Å². The lowest BCUT2D eigenvalue weighted by molar-refractivity contribution is -0.134. The minimum atomic E-state index is -0.377. The molecule has 0 radical (unpaired) electrons. The van der Waals surface area contributed by atoms with Crippen LogP contribution in [0.15, 0.2) is 34.2 Å². The van der Waals surface area contributed by atoms with E-state index in [1.54, 1.807) is 4.57 Å². The van der Waals surface area contributed by atoms with Crippen LogP contribution in [0.3, 0.4) is 0 Å². The third kappa shape index (κ3) is 4.79. The number of aryl methyl sites for hydroxylation is 1. The molecule has 2 aliphatic rings. The van der Waals surface area contributed by atoms with E-state index >= 15 is 0 Å². The second-order valence-corrected chi connectivity index (χ2v) is 11.9. The maximum absolute atomic E-state index is 14.1. The van der Waals surface area contributed by atoms with Crippen LogP contribution < -0.4 is 5.56 Å². The van der Waals surface area contributed by atoms with E-state index in [9.17, 15) is 9.59 Å². The number of thioether (sulfide) groups is 1. The van der Waals surface area contributed by atoms with Gasteiger partial charge in [-0.05, 0) is 37.5 Å². The summed E-state index contributed by atoms with van der Waals surface area (Å²) in [6, 6.07) is 7.88. The van der Waals surface area contributed by atoms with Gasteiger partial charge in [0.2, 0.25) is 5.91 Å². The number of amides is 1. The Labute approximate surface area is 213 Å². The van der Waals surface area contributed by atoms with Crippen molar-refractivity contribution in [2.45, 2.75) is 57.2 Å². The minimum Gasteiger partial charge on any atom is -0.378 e. The number of rotatable bonds is 5. The number of benzene rings is 1. The average Bonchev–Trinajstić information content (AvgIpc) is 3.23. The molecule has 0 N–H and O–H groups in total. The Morgan fingerprint density at radius 3 is 2.57 bits per heavy atom. The van der Waals surface area contributed by atoms with Crippen molar-refractivity contribution in [2.24, 2.45) is 5.92 Å². The van der Waals surface area contributed by atoms with Crippen molar-refractivity contribution in [1.82, 2.24) is 14.5 Å². The highest BCUT2D eigenvalue weighted by atomic mass is 32.2. The van der Waals surface area contributed by atoms with Crippen LogP contribution in [-0.2, 0) is 27.3 Å². The number of fused-ring (bicyclic) bond motifs is 3. The largest absolute Gasteiger partial charge is 0.378 e. The Bertz CT molecular complexity index is 1290. The maximum Gasteiger partial charge on any atom is 0.267 e. The molecule has 2 atom stereocenters. The van der Waals surface area contributed by atoms with Crippen LogP contribution in [0, 0.1) is 12.8 Å². The lowest BCUT2D eigenvalue weighted by atomic mass is 9.96. The summed E-state index contributed by atoms with van der Waals surface area (Å²) in [4.78, 5) is 35.8. The highest BCUT2D eigenvalue weighted by molar-refractivity contribution is 8.00. The Hall–Kier alpha value is -2.20. The molecule has 35 heavy (non-hydrogen) atoms. The van der Waals surface area contributed by atoms with E-state index in [0.29, 0.717) is 49.4 Å². The summed E-state index contributed by atoms with van der Waals surface area (Å²) in [5.41, 5.74) is 2.87. The van der Waals surface area contributed by atoms with Crippen molar-refractivity contribution >= 4 is 39.2 Å². The summed E-state index contributed by atoms with van der Waals surface area (Å²) in [5.74, 6) is 0.411. The molecular weight excluding hydrogens is 482 g/mol. The zero-order valence-electron chi connectivity index (χ0n) is 20.6. The first-order valence-corrected chi connectivity index (χ1v) is 13.8. The highest BCUT2D eigenvalue weighted by Gasteiger charge is 2.30. The van der Waals surface area contributed by atoms with E-state index in [4.69, 9.17) is 14.5 Å². The third-order valence-electron chi connectivity index (χ3n) is 6.70. The predicted octanol–water partition coefficient (Wildman–Crippen LogP) is 4.19. The number of aromatic nitrogens is 2. The Kier molecular flexibility index (Phi) is 7.03. The molecule has 1 saturated heterocycles. The number of thiophene rings is 1. The van der Waals surface area contributed by atoms with Crippen LogP contribution in [-0.4, -0.2) is 58.0 Å². The molecule has 2 aliphatic heterocycles. The third-order valence-corrected chi connectivity index (χ3v) is 8.84. The molecule has 0 spiro atoms. The van der Waals surface area contributed by atoms with E-state index in [2.05, 4.69) is 13.8 Å². The highest BCUT2D eigenvalue weighted by Crippen LogP contribution is 2.37. The van der Waals surface area contributed by atoms with Gasteiger partial charge in [-0.25, -0.2) is 4.98 Å². The number of hydrogen-bond donors (Lipinski definition) is 0. The van der Waals surface area contributed by atoms with E-state index in [1.165, 1.54) is 23.1 Å². The first-order chi connectivity index (χ1) is 16.8. The first-order valence-electron chi connectivity index (χ1n) is 12.1. The van der Waals surface area contributed by atoms with Gasteiger partial charge in [0, 0.05) is 24.4 Å². The van der Waals surface area contributed by atoms with E-state index in [0.717, 1.165) is 32.9 Å². The molecule has 5 rings (SSSR count). The second kappa shape index (κ2) is 10.0. The number of ether oxygens (including phenoxy) is 2. The normalized spacial score (nSPS) is 19.2. The summed E-state index contributed by atoms with van der Waals surface area (Å²) in [5, 5.41) is 0.855. The molecule has 1 fully saturated rings. The van der Waals surface area contributed by atoms with Crippen LogP contribution in [0.1, 0.15) is 36.8 Å². The number of morpholine rings is 1. The minimum absolute atomic E-state index is 0.0433. The van der Waals surface area contributed by atoms with Crippen molar-refractivity contribution < 1.29 is 14.3 Å². The fourth-order valence-corrected chi connectivity index (χ4v) is 6.76. The molecule has 0 saturated carbocycles. The summed E-state index contributed by atoms with van der Waals surface area (Å²) in [6.07, 6.45) is 0.809. The van der Waals surface area contributed by atoms with E-state index in [-0.39, 0.29) is 22.8 Å². The Morgan fingerprint density at radius 1 is 1.17 bits per heavy atom. The van der Waals surface area contributed by atoms with Gasteiger partial charge in [-0.2, -0.15) is 0 Å². The summed E-state index contributed by atoms with van der Waals surface area (Å²) < 4.78 is 13.1. The summed E-state index contributed by atoms with van der Waals surface area (Å²) in [7, 11) is 0. The smallest absolute Gasteiger partial charge is 0.267 e. The van der Waals surface area contributed by atoms with Gasteiger partial charge < -0.3 is 14.4 Å². The molecule has 1 aromatic carbocycles. The van der Waals surface area contributed by atoms with Gasteiger partial charge in [-0.1, -0.05) is 43.3 Å². The van der Waals surface area contributed by atoms with Gasteiger partial charge in [-0.15, -0.1) is 11.3 Å². The van der Waals surface area contributed by atoms with Gasteiger partial charge in [-0.3, -0.25) is 14.2 Å². The van der Waals surface area contributed by atoms with Crippen LogP contribution in [0.4, 0.5) is 0 Å². The van der Waals surface area contributed by atoms with Crippen LogP contribution in [0.5, 0.6) is 0 Å². The molecule has 9 heteroatoms. The SMILES string of the molecule is Cc1ccc(-n2c(S[C@H](C)C(=O)N3CCOCC3)nc3sc4c(c3c2=O)C[C@@H](C(C)C)OC4)cc1. The molecule has 1 amide bonds. The molecule has 0 bridgehead atoms. The van der Waals surface area contributed by atoms with Crippen molar-refractivity contribution in [1.29, 1.82) is 0 Å². The van der Waals surface area contributed by atoms with E-state index in [1.807, 2.05) is 43.0 Å². The quantitative estimate of drug-likeness (QED) is 0.376. The van der Waals surface area contributed by atoms with Crippen LogP contribution >= 0.6 is 23.1 Å². The first kappa shape index (κ1) is 24.5. The number of hydrogen-bond acceptors (Lipinski definition) is 7. The van der Waals surface area contributed by atoms with Gasteiger partial charge in [0.25, 0.3) is 5.56 Å². The molecule has 0 unspecified atom stereocenters. The van der Waals surface area contributed by atoms with Gasteiger partial charge in [0.05, 0.1) is 42.2 Å². The number of carbonyl (C=O) groups excluding carboxylic acids is 1. The molecular formula is C26H31N3O4S2. The molecule has 186 valence electrons. The molecule has 0 aliphatic carbocycles. The average molecular weight is 514 g/mol. The molecule has 2 aromatic heterocycles. The number of carbonyl (C=O) groups is 1. The maximum atomic E-state index is 14.1. The van der Waals surface area contributed by atoms with E-state index < -0.39 is 0 Å². The zero-order chi connectivity index (χ0) is 24.7. The van der Waals surface area contributed by atoms with Crippen LogP contribution in [0.2, 0.25) is 0 Å². The van der Waals surface area contributed by atoms with Crippen molar-refractivity contribution in [3.8, 4) is 5.69 Å². The summed E-state index contributed by atoms with van der Waals surface area (Å²) in [6.45, 7) is 11.0. The Morgan fingerprint density at radius 2 is 1.89 bits per heavy atom. The fourth-order valence-electron chi connectivity index (χ4n) is 4.59. The Balaban J connectivity index is 1.60. The lowest BCUT2D eigenvalue weighted by Gasteiger charge is -2.29. The molecule has 4 heterocycles. The predicted molar refractivity (Wildman–Crippen MR) is 140 cm³/mol. The lowest BCUT2D eigenvalue weighted by Crippen LogP contribution is -2.44. The van der Waals surface area contributed by atoms with Gasteiger partial charge in [0.15, 0.2) is 5.16 Å². The van der Waals surface area contributed by atoms with Crippen molar-refractivity contribution in [3.63, 3.8) is 0 Å². The summed E-state index contributed by atoms with van der Waals surface area (Å²) >= 11 is 2.88. The topological polar surface area (TPSA) is 73.7 Å². The fraction of sp³-hybridized carbons (Fsp3) is 0.500. The number of nitrogens with zero attached hydrogens (tertiary/aromatic N) is 3. The zero-order valence-corrected chi connectivity index (χ0v) is 22.2. The molecule has 7 nitrogen and oxygen atoms in total. The standard InChI is InChI=1S/C26H31N3O4S2/c1-15(2)20-13-19-21(14-33-20)35-23-22(19)25(31)29(18-7-5-16(3)6-8-18)26(27-23)34-17(4)24(30)28-9-11-32-12-10-28/h5-8,15,17,20H,9-14H2,1-4H3/t17-,20+/m1/s1. The van der Waals surface area contributed by atoms with Gasteiger partial charge >= 0.3 is 0 Å². The van der Waals surface area contributed by atoms with Crippen molar-refractivity contribution in [3.05, 3.63) is 50.6 Å². The van der Waals surface area contributed by atoms with Gasteiger partial charge in [0.1, 0.15) is 4.83 Å².